The Kier molecular flexibility index (Phi) is 5.89. The predicted molar refractivity (Wildman–Crippen MR) is 126 cm³/mol. The second kappa shape index (κ2) is 9.16. The number of likely N-dealkylation sites (tertiary alicyclic amines) is 1. The predicted octanol–water partition coefficient (Wildman–Crippen LogP) is 2.98. The van der Waals surface area contributed by atoms with Gasteiger partial charge in [0.25, 0.3) is 0 Å². The lowest BCUT2D eigenvalue weighted by Crippen LogP contribution is -2.35. The summed E-state index contributed by atoms with van der Waals surface area (Å²) >= 11 is 0. The number of hydrogen-bond donors (Lipinski definition) is 3. The van der Waals surface area contributed by atoms with Gasteiger partial charge in [-0.3, -0.25) is 15.3 Å². The fraction of sp³-hybridized carbons (Fsp3) is 0.250. The van der Waals surface area contributed by atoms with Crippen molar-refractivity contribution in [3.8, 4) is 11.3 Å². The van der Waals surface area contributed by atoms with Crippen molar-refractivity contribution in [1.82, 2.24) is 25.3 Å². The molecule has 1 saturated heterocycles. The molecule has 11 heteroatoms. The van der Waals surface area contributed by atoms with Crippen LogP contribution in [0.2, 0.25) is 0 Å². The van der Waals surface area contributed by atoms with Gasteiger partial charge in [-0.05, 0) is 24.6 Å². The van der Waals surface area contributed by atoms with Crippen molar-refractivity contribution in [2.24, 2.45) is 4.99 Å². The molecule has 4 heterocycles. The van der Waals surface area contributed by atoms with Crippen molar-refractivity contribution < 1.29 is 18.3 Å². The topological polar surface area (TPSA) is 110 Å². The Bertz CT molecular complexity index is 1290. The van der Waals surface area contributed by atoms with E-state index in [9.17, 15) is 13.6 Å². The van der Waals surface area contributed by atoms with Gasteiger partial charge >= 0.3 is 0 Å². The number of carbonyl (C=O) groups is 1. The number of aromatic nitrogens is 2. The Morgan fingerprint density at radius 3 is 2.86 bits per heavy atom. The number of carbonyl (C=O) groups excluding carboxylic acids is 1. The van der Waals surface area contributed by atoms with Crippen molar-refractivity contribution in [3.05, 3.63) is 71.8 Å². The van der Waals surface area contributed by atoms with E-state index in [4.69, 9.17) is 10.1 Å². The first-order valence-corrected chi connectivity index (χ1v) is 11.1. The van der Waals surface area contributed by atoms with E-state index in [0.29, 0.717) is 29.8 Å². The number of ether oxygens (including phenoxy) is 1. The monoisotopic (exact) mass is 479 g/mol. The molecule has 9 nitrogen and oxygen atoms in total. The average Bonchev–Trinajstić information content (AvgIpc) is 3.58. The van der Waals surface area contributed by atoms with E-state index in [1.54, 1.807) is 22.2 Å². The maximum absolute atomic E-state index is 14.4. The first kappa shape index (κ1) is 22.5. The number of rotatable bonds is 5. The molecule has 1 amide bonds. The standard InChI is InChI=1S/C24H23F2N7O2/c1-35-20(13-32-9-3-6-21(32)34)30-24(27)18-11-28-19-8-7-14(12-33(18)19)15-10-29-31-23(15)22-16(25)4-2-5-17(22)26/h2,4-5,7-8,10-12,19,27-28H,3,6,9,13H2,1H3,(H,29,31). The Hall–Kier alpha value is -4.28. The van der Waals surface area contributed by atoms with Crippen molar-refractivity contribution in [3.63, 3.8) is 0 Å². The molecule has 1 aromatic heterocycles. The molecule has 0 saturated carbocycles. The van der Waals surface area contributed by atoms with Crippen LogP contribution in [0.5, 0.6) is 0 Å². The number of H-pyrrole nitrogens is 1. The number of allylic oxidation sites excluding steroid dienone is 2. The fourth-order valence-corrected chi connectivity index (χ4v) is 4.30. The van der Waals surface area contributed by atoms with Crippen molar-refractivity contribution in [1.29, 1.82) is 5.41 Å². The molecule has 1 atom stereocenters. The smallest absolute Gasteiger partial charge is 0.223 e. The summed E-state index contributed by atoms with van der Waals surface area (Å²) in [5.41, 5.74) is 1.66. The van der Waals surface area contributed by atoms with E-state index in [2.05, 4.69) is 20.5 Å². The van der Waals surface area contributed by atoms with E-state index < -0.39 is 11.6 Å². The summed E-state index contributed by atoms with van der Waals surface area (Å²) in [5, 5.41) is 18.4. The van der Waals surface area contributed by atoms with Gasteiger partial charge in [-0.2, -0.15) is 10.1 Å². The second-order valence-electron chi connectivity index (χ2n) is 8.22. The molecule has 3 aliphatic heterocycles. The highest BCUT2D eigenvalue weighted by molar-refractivity contribution is 6.04. The molecule has 180 valence electrons. The van der Waals surface area contributed by atoms with Crippen LogP contribution in [-0.2, 0) is 9.53 Å². The molecule has 3 aliphatic rings. The Labute approximate surface area is 200 Å². The molecule has 0 radical (unpaired) electrons. The number of nitrogens with zero attached hydrogens (tertiary/aromatic N) is 4. The number of amidine groups is 1. The summed E-state index contributed by atoms with van der Waals surface area (Å²) in [4.78, 5) is 19.7. The molecule has 5 rings (SSSR count). The van der Waals surface area contributed by atoms with Gasteiger partial charge in [0.1, 0.15) is 23.5 Å². The summed E-state index contributed by atoms with van der Waals surface area (Å²) in [6, 6.07) is 3.69. The SMILES string of the molecule is COC(CN1CCCC1=O)=NC(=N)C1=CNC2C=CC(c3cn[nH]c3-c3c(F)cccc3F)=CN12. The minimum Gasteiger partial charge on any atom is -0.483 e. The number of amides is 1. The summed E-state index contributed by atoms with van der Waals surface area (Å²) in [6.45, 7) is 0.842. The number of aliphatic imine (C=N–C) groups is 1. The number of aromatic amines is 1. The van der Waals surface area contributed by atoms with E-state index in [0.717, 1.165) is 6.42 Å². The van der Waals surface area contributed by atoms with Crippen LogP contribution in [0.4, 0.5) is 8.78 Å². The molecule has 1 aromatic carbocycles. The minimum atomic E-state index is -0.697. The van der Waals surface area contributed by atoms with Crippen LogP contribution in [0.1, 0.15) is 18.4 Å². The van der Waals surface area contributed by atoms with Gasteiger partial charge in [0, 0.05) is 36.5 Å². The Morgan fingerprint density at radius 2 is 2.14 bits per heavy atom. The summed E-state index contributed by atoms with van der Waals surface area (Å²) in [7, 11) is 1.46. The quantitative estimate of drug-likeness (QED) is 0.451. The largest absolute Gasteiger partial charge is 0.483 e. The molecule has 3 N–H and O–H groups in total. The highest BCUT2D eigenvalue weighted by atomic mass is 19.1. The van der Waals surface area contributed by atoms with Crippen LogP contribution in [0.3, 0.4) is 0 Å². The molecule has 0 spiro atoms. The number of benzene rings is 1. The van der Waals surface area contributed by atoms with Gasteiger partial charge in [0.2, 0.25) is 11.8 Å². The maximum atomic E-state index is 14.4. The lowest BCUT2D eigenvalue weighted by atomic mass is 9.99. The Morgan fingerprint density at radius 1 is 1.34 bits per heavy atom. The Balaban J connectivity index is 1.41. The number of nitrogens with one attached hydrogen (secondary N) is 3. The van der Waals surface area contributed by atoms with Crippen LogP contribution in [0.25, 0.3) is 16.8 Å². The number of fused-ring (bicyclic) bond motifs is 1. The van der Waals surface area contributed by atoms with E-state index in [-0.39, 0.29) is 41.6 Å². The number of methoxy groups -OCH3 is 1. The lowest BCUT2D eigenvalue weighted by molar-refractivity contribution is -0.127. The third kappa shape index (κ3) is 4.20. The minimum absolute atomic E-state index is 0.0408. The van der Waals surface area contributed by atoms with Crippen molar-refractivity contribution in [2.45, 2.75) is 19.0 Å². The summed E-state index contributed by atoms with van der Waals surface area (Å²) < 4.78 is 34.2. The van der Waals surface area contributed by atoms with Gasteiger partial charge in [0.05, 0.1) is 31.1 Å². The first-order valence-electron chi connectivity index (χ1n) is 11.1. The molecular formula is C24H23F2N7O2. The van der Waals surface area contributed by atoms with Crippen LogP contribution >= 0.6 is 0 Å². The van der Waals surface area contributed by atoms with Gasteiger partial charge in [-0.1, -0.05) is 12.1 Å². The summed E-state index contributed by atoms with van der Waals surface area (Å²) in [6.07, 6.45) is 9.68. The van der Waals surface area contributed by atoms with Crippen LogP contribution in [-0.4, -0.2) is 64.0 Å². The summed E-state index contributed by atoms with van der Waals surface area (Å²) in [5.74, 6) is -1.15. The van der Waals surface area contributed by atoms with Gasteiger partial charge in [-0.25, -0.2) is 8.78 Å². The highest BCUT2D eigenvalue weighted by Crippen LogP contribution is 2.34. The number of hydrogen-bond acceptors (Lipinski definition) is 6. The molecule has 0 bridgehead atoms. The lowest BCUT2D eigenvalue weighted by Gasteiger charge is -2.27. The van der Waals surface area contributed by atoms with Gasteiger partial charge < -0.3 is 19.9 Å². The van der Waals surface area contributed by atoms with Crippen LogP contribution < -0.4 is 5.32 Å². The van der Waals surface area contributed by atoms with Crippen molar-refractivity contribution in [2.75, 3.05) is 20.2 Å². The molecule has 2 aromatic rings. The van der Waals surface area contributed by atoms with Crippen LogP contribution in [0.15, 0.2) is 59.6 Å². The van der Waals surface area contributed by atoms with E-state index in [1.165, 1.54) is 31.5 Å². The molecule has 1 unspecified atom stereocenters. The molecule has 1 fully saturated rings. The zero-order valence-corrected chi connectivity index (χ0v) is 18.9. The highest BCUT2D eigenvalue weighted by Gasteiger charge is 2.30. The zero-order valence-electron chi connectivity index (χ0n) is 18.9. The molecule has 35 heavy (non-hydrogen) atoms. The van der Waals surface area contributed by atoms with Gasteiger partial charge in [-0.15, -0.1) is 0 Å². The first-order chi connectivity index (χ1) is 17.0. The van der Waals surface area contributed by atoms with Crippen molar-refractivity contribution >= 4 is 23.2 Å². The second-order valence-corrected chi connectivity index (χ2v) is 8.22. The zero-order chi connectivity index (χ0) is 24.5. The third-order valence-electron chi connectivity index (χ3n) is 6.08. The van der Waals surface area contributed by atoms with Gasteiger partial charge in [0.15, 0.2) is 5.84 Å². The maximum Gasteiger partial charge on any atom is 0.223 e. The molecular weight excluding hydrogens is 456 g/mol. The average molecular weight is 479 g/mol. The van der Waals surface area contributed by atoms with Crippen LogP contribution in [0, 0.1) is 17.0 Å². The third-order valence-corrected chi connectivity index (χ3v) is 6.08. The molecule has 0 aliphatic carbocycles. The normalized spacial score (nSPS) is 19.5. The van der Waals surface area contributed by atoms with E-state index >= 15 is 0 Å². The van der Waals surface area contributed by atoms with E-state index in [1.807, 2.05) is 12.2 Å². The fourth-order valence-electron chi connectivity index (χ4n) is 4.30. The number of halogens is 2.